The Bertz CT molecular complexity index is 1430. The number of rotatable bonds is 4. The third-order valence-corrected chi connectivity index (χ3v) is 5.36. The molecule has 1 N–H and O–H groups in total. The second-order valence-electron chi connectivity index (χ2n) is 7.65. The average Bonchev–Trinajstić information content (AvgIpc) is 3.26. The van der Waals surface area contributed by atoms with Crippen LogP contribution in [0.15, 0.2) is 97.1 Å². The summed E-state index contributed by atoms with van der Waals surface area (Å²) < 4.78 is 15.0. The van der Waals surface area contributed by atoms with Crippen LogP contribution in [0, 0.1) is 12.7 Å². The molecule has 4 aromatic carbocycles. The van der Waals surface area contributed by atoms with Gasteiger partial charge < -0.3 is 5.32 Å². The molecule has 156 valence electrons. The van der Waals surface area contributed by atoms with E-state index in [9.17, 15) is 9.18 Å². The maximum atomic E-state index is 13.2. The standard InChI is InChI=1S/C27H20FN3O/c1-18-6-4-9-22(16-18)31-26(24-11-5-8-19-7-2-3-10-23(19)24)17-25(30-31)27(32)29-21-14-12-20(28)13-15-21/h2-17H,1H3,(H,29,32). The number of carbonyl (C=O) groups is 1. The number of fused-ring (bicyclic) bond motifs is 1. The summed E-state index contributed by atoms with van der Waals surface area (Å²) >= 11 is 0. The van der Waals surface area contributed by atoms with Gasteiger partial charge in [0, 0.05) is 11.3 Å². The molecule has 1 amide bonds. The molecule has 5 aromatic rings. The Morgan fingerprint density at radius 2 is 1.62 bits per heavy atom. The number of aromatic nitrogens is 2. The lowest BCUT2D eigenvalue weighted by Crippen LogP contribution is -2.13. The van der Waals surface area contributed by atoms with Crippen LogP contribution in [0.5, 0.6) is 0 Å². The molecule has 0 aliphatic heterocycles. The molecule has 0 bridgehead atoms. The highest BCUT2D eigenvalue weighted by Crippen LogP contribution is 2.31. The molecule has 0 atom stereocenters. The molecule has 1 aromatic heterocycles. The molecule has 0 saturated carbocycles. The molecule has 0 spiro atoms. The highest BCUT2D eigenvalue weighted by Gasteiger charge is 2.18. The second kappa shape index (κ2) is 8.12. The van der Waals surface area contributed by atoms with E-state index in [2.05, 4.69) is 28.6 Å². The first kappa shape index (κ1) is 19.7. The maximum Gasteiger partial charge on any atom is 0.276 e. The first-order valence-corrected chi connectivity index (χ1v) is 10.3. The van der Waals surface area contributed by atoms with Crippen molar-refractivity contribution in [1.82, 2.24) is 9.78 Å². The Balaban J connectivity index is 1.64. The van der Waals surface area contributed by atoms with E-state index in [1.54, 1.807) is 10.7 Å². The maximum absolute atomic E-state index is 13.2. The summed E-state index contributed by atoms with van der Waals surface area (Å²) in [5, 5.41) is 9.63. The summed E-state index contributed by atoms with van der Waals surface area (Å²) in [6, 6.07) is 29.7. The van der Waals surface area contributed by atoms with Gasteiger partial charge in [-0.1, -0.05) is 54.6 Å². The van der Waals surface area contributed by atoms with Gasteiger partial charge in [-0.2, -0.15) is 5.10 Å². The molecule has 0 radical (unpaired) electrons. The average molecular weight is 421 g/mol. The zero-order valence-corrected chi connectivity index (χ0v) is 17.4. The van der Waals surface area contributed by atoms with E-state index in [1.807, 2.05) is 55.5 Å². The van der Waals surface area contributed by atoms with Gasteiger partial charge in [0.05, 0.1) is 11.4 Å². The van der Waals surface area contributed by atoms with Crippen LogP contribution in [-0.4, -0.2) is 15.7 Å². The number of nitrogens with zero attached hydrogens (tertiary/aromatic N) is 2. The third-order valence-electron chi connectivity index (χ3n) is 5.36. The van der Waals surface area contributed by atoms with Crippen LogP contribution in [0.4, 0.5) is 10.1 Å². The summed E-state index contributed by atoms with van der Waals surface area (Å²) in [4.78, 5) is 13.0. The van der Waals surface area contributed by atoms with E-state index >= 15 is 0 Å². The highest BCUT2D eigenvalue weighted by molar-refractivity contribution is 6.04. The van der Waals surface area contributed by atoms with Crippen molar-refractivity contribution in [3.05, 3.63) is 114 Å². The fourth-order valence-electron chi connectivity index (χ4n) is 3.82. The lowest BCUT2D eigenvalue weighted by atomic mass is 10.0. The fourth-order valence-corrected chi connectivity index (χ4v) is 3.82. The van der Waals surface area contributed by atoms with Crippen molar-refractivity contribution in [2.75, 3.05) is 5.32 Å². The third kappa shape index (κ3) is 3.76. The quantitative estimate of drug-likeness (QED) is 0.365. The molecule has 1 heterocycles. The Labute approximate surface area is 184 Å². The van der Waals surface area contributed by atoms with Crippen LogP contribution in [-0.2, 0) is 0 Å². The molecular weight excluding hydrogens is 401 g/mol. The highest BCUT2D eigenvalue weighted by atomic mass is 19.1. The predicted molar refractivity (Wildman–Crippen MR) is 126 cm³/mol. The van der Waals surface area contributed by atoms with Crippen LogP contribution in [0.1, 0.15) is 16.1 Å². The molecule has 5 heteroatoms. The molecule has 0 unspecified atom stereocenters. The van der Waals surface area contributed by atoms with Crippen molar-refractivity contribution in [3.63, 3.8) is 0 Å². The summed E-state index contributed by atoms with van der Waals surface area (Å²) in [6.45, 7) is 2.02. The van der Waals surface area contributed by atoms with E-state index in [0.29, 0.717) is 5.69 Å². The fraction of sp³-hybridized carbons (Fsp3) is 0.0370. The topological polar surface area (TPSA) is 46.9 Å². The van der Waals surface area contributed by atoms with Gasteiger partial charge in [0.25, 0.3) is 5.91 Å². The van der Waals surface area contributed by atoms with Gasteiger partial charge in [-0.25, -0.2) is 9.07 Å². The lowest BCUT2D eigenvalue weighted by Gasteiger charge is -2.10. The van der Waals surface area contributed by atoms with E-state index in [0.717, 1.165) is 33.3 Å². The monoisotopic (exact) mass is 421 g/mol. The first-order valence-electron chi connectivity index (χ1n) is 10.3. The number of nitrogens with one attached hydrogen (secondary N) is 1. The van der Waals surface area contributed by atoms with Crippen LogP contribution >= 0.6 is 0 Å². The minimum absolute atomic E-state index is 0.277. The van der Waals surface area contributed by atoms with Gasteiger partial charge in [-0.15, -0.1) is 0 Å². The lowest BCUT2D eigenvalue weighted by molar-refractivity contribution is 0.102. The predicted octanol–water partition coefficient (Wildman–Crippen LogP) is 6.39. The van der Waals surface area contributed by atoms with E-state index in [-0.39, 0.29) is 17.4 Å². The van der Waals surface area contributed by atoms with Crippen LogP contribution in [0.25, 0.3) is 27.7 Å². The minimum Gasteiger partial charge on any atom is -0.321 e. The Morgan fingerprint density at radius 3 is 2.44 bits per heavy atom. The number of hydrogen-bond donors (Lipinski definition) is 1. The summed E-state index contributed by atoms with van der Waals surface area (Å²) in [7, 11) is 0. The Morgan fingerprint density at radius 1 is 0.875 bits per heavy atom. The molecule has 0 aliphatic carbocycles. The zero-order chi connectivity index (χ0) is 22.1. The van der Waals surface area contributed by atoms with Crippen molar-refractivity contribution in [2.24, 2.45) is 0 Å². The molecule has 5 rings (SSSR count). The number of halogens is 1. The van der Waals surface area contributed by atoms with Crippen molar-refractivity contribution in [1.29, 1.82) is 0 Å². The van der Waals surface area contributed by atoms with Gasteiger partial charge in [0.15, 0.2) is 5.69 Å². The smallest absolute Gasteiger partial charge is 0.276 e. The van der Waals surface area contributed by atoms with Gasteiger partial charge in [-0.05, 0) is 65.7 Å². The van der Waals surface area contributed by atoms with Gasteiger partial charge in [-0.3, -0.25) is 4.79 Å². The molecule has 0 fully saturated rings. The number of anilines is 1. The summed E-state index contributed by atoms with van der Waals surface area (Å²) in [5.41, 5.74) is 4.55. The molecule has 4 nitrogen and oxygen atoms in total. The van der Waals surface area contributed by atoms with Gasteiger partial charge in [0.2, 0.25) is 0 Å². The van der Waals surface area contributed by atoms with Gasteiger partial charge >= 0.3 is 0 Å². The zero-order valence-electron chi connectivity index (χ0n) is 17.4. The number of aryl methyl sites for hydroxylation is 1. The number of hydrogen-bond acceptors (Lipinski definition) is 2. The molecule has 0 saturated heterocycles. The molecule has 0 aliphatic rings. The van der Waals surface area contributed by atoms with Crippen molar-refractivity contribution < 1.29 is 9.18 Å². The van der Waals surface area contributed by atoms with Crippen LogP contribution in [0.2, 0.25) is 0 Å². The van der Waals surface area contributed by atoms with Crippen LogP contribution in [0.3, 0.4) is 0 Å². The van der Waals surface area contributed by atoms with E-state index in [4.69, 9.17) is 0 Å². The molecule has 32 heavy (non-hydrogen) atoms. The first-order chi connectivity index (χ1) is 15.6. The number of carbonyl (C=O) groups excluding carboxylic acids is 1. The Kier molecular flexibility index (Phi) is 5.00. The van der Waals surface area contributed by atoms with Crippen molar-refractivity contribution in [3.8, 4) is 16.9 Å². The number of amides is 1. The van der Waals surface area contributed by atoms with Crippen molar-refractivity contribution in [2.45, 2.75) is 6.92 Å². The largest absolute Gasteiger partial charge is 0.321 e. The van der Waals surface area contributed by atoms with E-state index < -0.39 is 0 Å². The van der Waals surface area contributed by atoms with Crippen LogP contribution < -0.4 is 5.32 Å². The van der Waals surface area contributed by atoms with Crippen molar-refractivity contribution >= 4 is 22.4 Å². The molecular formula is C27H20FN3O. The summed E-state index contributed by atoms with van der Waals surface area (Å²) in [6.07, 6.45) is 0. The SMILES string of the molecule is Cc1cccc(-n2nc(C(=O)Nc3ccc(F)cc3)cc2-c2cccc3ccccc23)c1. The minimum atomic E-state index is -0.357. The summed E-state index contributed by atoms with van der Waals surface area (Å²) in [5.74, 6) is -0.713. The van der Waals surface area contributed by atoms with Gasteiger partial charge in [0.1, 0.15) is 5.82 Å². The normalized spacial score (nSPS) is 10.9. The van der Waals surface area contributed by atoms with E-state index in [1.165, 1.54) is 24.3 Å². The number of benzene rings is 4. The second-order valence-corrected chi connectivity index (χ2v) is 7.65. The Hall–Kier alpha value is -4.25.